The Morgan fingerprint density at radius 2 is 2.00 bits per heavy atom. The normalized spacial score (nSPS) is 11.5. The molecule has 0 atom stereocenters. The van der Waals surface area contributed by atoms with Gasteiger partial charge in [0, 0.05) is 43.2 Å². The fourth-order valence-corrected chi connectivity index (χ4v) is 3.31. The fourth-order valence-electron chi connectivity index (χ4n) is 3.31. The number of ether oxygens (including phenoxy) is 1. The molecule has 8 heteroatoms. The summed E-state index contributed by atoms with van der Waals surface area (Å²) in [6.07, 6.45) is 3.67. The molecule has 0 amide bonds. The number of hydrogen-bond donors (Lipinski definition) is 3. The van der Waals surface area contributed by atoms with E-state index in [-0.39, 0.29) is 0 Å². The minimum absolute atomic E-state index is 0.387. The summed E-state index contributed by atoms with van der Waals surface area (Å²) in [7, 11) is 3.54. The molecule has 0 aliphatic rings. The van der Waals surface area contributed by atoms with E-state index in [2.05, 4.69) is 20.7 Å². The molecular weight excluding hydrogens is 378 g/mol. The van der Waals surface area contributed by atoms with E-state index in [0.29, 0.717) is 11.7 Å². The van der Waals surface area contributed by atoms with E-state index in [1.165, 1.54) is 0 Å². The number of aliphatic imine (C=N–C) groups is 1. The van der Waals surface area contributed by atoms with E-state index in [1.807, 2.05) is 59.1 Å². The van der Waals surface area contributed by atoms with Gasteiger partial charge in [0.25, 0.3) is 0 Å². The Hall–Kier alpha value is -3.55. The van der Waals surface area contributed by atoms with Gasteiger partial charge in [0.15, 0.2) is 5.82 Å². The summed E-state index contributed by atoms with van der Waals surface area (Å²) in [5, 5.41) is 11.0. The van der Waals surface area contributed by atoms with Crippen LogP contribution in [0.15, 0.2) is 35.6 Å². The lowest BCUT2D eigenvalue weighted by Crippen LogP contribution is -2.17. The van der Waals surface area contributed by atoms with Crippen LogP contribution < -0.4 is 21.1 Å². The van der Waals surface area contributed by atoms with Crippen molar-refractivity contribution in [2.45, 2.75) is 27.7 Å². The van der Waals surface area contributed by atoms with E-state index >= 15 is 0 Å². The van der Waals surface area contributed by atoms with E-state index in [4.69, 9.17) is 15.5 Å². The monoisotopic (exact) mass is 407 g/mol. The third-order valence-corrected chi connectivity index (χ3v) is 4.84. The lowest BCUT2D eigenvalue weighted by atomic mass is 10.1. The van der Waals surface area contributed by atoms with Crippen LogP contribution in [0.4, 0.5) is 23.0 Å². The maximum Gasteiger partial charge on any atom is 0.156 e. The van der Waals surface area contributed by atoms with E-state index in [1.54, 1.807) is 18.0 Å². The van der Waals surface area contributed by atoms with Crippen LogP contribution in [-0.2, 0) is 7.05 Å². The first-order valence-corrected chi connectivity index (χ1v) is 9.84. The summed E-state index contributed by atoms with van der Waals surface area (Å²) < 4.78 is 7.19. The minimum Gasteiger partial charge on any atom is -0.496 e. The Morgan fingerprint density at radius 1 is 1.23 bits per heavy atom. The first-order valence-electron chi connectivity index (χ1n) is 9.84. The molecule has 0 unspecified atom stereocenters. The van der Waals surface area contributed by atoms with Gasteiger partial charge in [-0.3, -0.25) is 4.68 Å². The van der Waals surface area contributed by atoms with Crippen molar-refractivity contribution in [2.75, 3.05) is 24.3 Å². The molecule has 0 aliphatic heterocycles. The smallest absolute Gasteiger partial charge is 0.156 e. The van der Waals surface area contributed by atoms with Crippen molar-refractivity contribution in [3.8, 4) is 5.75 Å². The van der Waals surface area contributed by atoms with Gasteiger partial charge in [-0.25, -0.2) is 9.98 Å². The highest BCUT2D eigenvalue weighted by molar-refractivity contribution is 6.04. The molecule has 0 radical (unpaired) electrons. The zero-order chi connectivity index (χ0) is 21.8. The van der Waals surface area contributed by atoms with Crippen LogP contribution in [0.1, 0.15) is 29.2 Å². The molecule has 4 N–H and O–H groups in total. The van der Waals surface area contributed by atoms with Crippen molar-refractivity contribution in [3.63, 3.8) is 0 Å². The summed E-state index contributed by atoms with van der Waals surface area (Å²) in [4.78, 5) is 9.23. The third kappa shape index (κ3) is 4.37. The molecule has 8 nitrogen and oxygen atoms in total. The van der Waals surface area contributed by atoms with Crippen molar-refractivity contribution in [2.24, 2.45) is 17.8 Å². The number of nitrogens with zero attached hydrogens (tertiary/aromatic N) is 4. The Labute approximate surface area is 177 Å². The summed E-state index contributed by atoms with van der Waals surface area (Å²) >= 11 is 0. The number of aryl methyl sites for hydroxylation is 3. The Balaban J connectivity index is 1.99. The van der Waals surface area contributed by atoms with Gasteiger partial charge in [-0.15, -0.1) is 0 Å². The molecule has 158 valence electrons. The molecular formula is C22H29N7O. The zero-order valence-electron chi connectivity index (χ0n) is 18.4. The number of nitrogens with one attached hydrogen (secondary N) is 2. The Bertz CT molecular complexity index is 1090. The highest BCUT2D eigenvalue weighted by Crippen LogP contribution is 2.32. The van der Waals surface area contributed by atoms with Gasteiger partial charge in [0.2, 0.25) is 0 Å². The Morgan fingerprint density at radius 3 is 2.63 bits per heavy atom. The molecule has 0 spiro atoms. The lowest BCUT2D eigenvalue weighted by Gasteiger charge is -2.14. The summed E-state index contributed by atoms with van der Waals surface area (Å²) in [6.45, 7) is 8.75. The second kappa shape index (κ2) is 8.86. The summed E-state index contributed by atoms with van der Waals surface area (Å²) in [5.74, 6) is 2.61. The molecule has 0 aliphatic carbocycles. The first-order chi connectivity index (χ1) is 14.3. The van der Waals surface area contributed by atoms with Crippen molar-refractivity contribution in [3.05, 3.63) is 52.8 Å². The van der Waals surface area contributed by atoms with Gasteiger partial charge >= 0.3 is 0 Å². The average molecular weight is 408 g/mol. The molecule has 30 heavy (non-hydrogen) atoms. The highest BCUT2D eigenvalue weighted by Gasteiger charge is 2.13. The number of methoxy groups -OCH3 is 1. The van der Waals surface area contributed by atoms with Crippen LogP contribution in [0.25, 0.3) is 0 Å². The molecule has 3 rings (SSSR count). The minimum atomic E-state index is 0.387. The standard InChI is InChI=1S/C22H29N7O/c1-7-24-17-10-19(26-22-14(3)12-29(5)28-22)25-11-16(17)21(23)27-20-13(2)8-9-18(30-6)15(20)4/h8-12H,7H2,1-6H3,(H2,23,27)(H2,24,25,26,28). The van der Waals surface area contributed by atoms with Gasteiger partial charge in [-0.05, 0) is 39.3 Å². The molecule has 1 aromatic carbocycles. The van der Waals surface area contributed by atoms with E-state index < -0.39 is 0 Å². The Kier molecular flexibility index (Phi) is 6.25. The molecule has 2 aromatic heterocycles. The van der Waals surface area contributed by atoms with Gasteiger partial charge < -0.3 is 21.1 Å². The topological polar surface area (TPSA) is 102 Å². The van der Waals surface area contributed by atoms with Crippen molar-refractivity contribution >= 4 is 28.8 Å². The van der Waals surface area contributed by atoms with Gasteiger partial charge in [0.05, 0.1) is 24.0 Å². The number of hydrogen-bond acceptors (Lipinski definition) is 6. The number of anilines is 3. The van der Waals surface area contributed by atoms with Crippen LogP contribution in [-0.4, -0.2) is 34.3 Å². The van der Waals surface area contributed by atoms with Crippen LogP contribution in [0.3, 0.4) is 0 Å². The first kappa shape index (κ1) is 21.2. The number of amidine groups is 1. The van der Waals surface area contributed by atoms with Crippen LogP contribution in [0.5, 0.6) is 5.75 Å². The number of aromatic nitrogens is 3. The van der Waals surface area contributed by atoms with E-state index in [0.717, 1.165) is 51.7 Å². The maximum absolute atomic E-state index is 6.41. The number of rotatable bonds is 7. The van der Waals surface area contributed by atoms with Gasteiger partial charge in [0.1, 0.15) is 17.4 Å². The third-order valence-electron chi connectivity index (χ3n) is 4.84. The lowest BCUT2D eigenvalue weighted by molar-refractivity contribution is 0.412. The second-order valence-corrected chi connectivity index (χ2v) is 7.16. The van der Waals surface area contributed by atoms with Crippen LogP contribution in [0.2, 0.25) is 0 Å². The number of nitrogens with two attached hydrogens (primary N) is 1. The maximum atomic E-state index is 6.41. The predicted molar refractivity (Wildman–Crippen MR) is 122 cm³/mol. The van der Waals surface area contributed by atoms with Crippen LogP contribution >= 0.6 is 0 Å². The molecule has 3 aromatic rings. The van der Waals surface area contributed by atoms with Gasteiger partial charge in [-0.1, -0.05) is 6.07 Å². The predicted octanol–water partition coefficient (Wildman–Crippen LogP) is 3.96. The fraction of sp³-hybridized carbons (Fsp3) is 0.318. The largest absolute Gasteiger partial charge is 0.496 e. The van der Waals surface area contributed by atoms with E-state index in [9.17, 15) is 0 Å². The van der Waals surface area contributed by atoms with Crippen molar-refractivity contribution in [1.82, 2.24) is 14.8 Å². The summed E-state index contributed by atoms with van der Waals surface area (Å²) in [6, 6.07) is 5.83. The van der Waals surface area contributed by atoms with Crippen LogP contribution in [0, 0.1) is 20.8 Å². The molecule has 0 saturated carbocycles. The molecule has 0 bridgehead atoms. The SMILES string of the molecule is CCNc1cc(Nc2nn(C)cc2C)ncc1C(N)=Nc1c(C)ccc(OC)c1C. The zero-order valence-corrected chi connectivity index (χ0v) is 18.4. The second-order valence-electron chi connectivity index (χ2n) is 7.16. The average Bonchev–Trinajstić information content (AvgIpc) is 3.02. The highest BCUT2D eigenvalue weighted by atomic mass is 16.5. The van der Waals surface area contributed by atoms with Gasteiger partial charge in [-0.2, -0.15) is 5.10 Å². The molecule has 0 fully saturated rings. The van der Waals surface area contributed by atoms with Crippen molar-refractivity contribution < 1.29 is 4.74 Å². The quantitative estimate of drug-likeness (QED) is 0.405. The number of benzene rings is 1. The number of pyridine rings is 1. The van der Waals surface area contributed by atoms with Crippen molar-refractivity contribution in [1.29, 1.82) is 0 Å². The molecule has 2 heterocycles. The summed E-state index contributed by atoms with van der Waals surface area (Å²) in [5.41, 5.74) is 11.8. The molecule has 0 saturated heterocycles.